The number of fused-ring (bicyclic) bond motifs is 1. The maximum absolute atomic E-state index is 6.12. The van der Waals surface area contributed by atoms with E-state index in [9.17, 15) is 0 Å². The molecule has 0 aromatic heterocycles. The summed E-state index contributed by atoms with van der Waals surface area (Å²) in [5.74, 6) is 1.04. The van der Waals surface area contributed by atoms with Gasteiger partial charge in [0.25, 0.3) is 0 Å². The molecule has 2 aliphatic heterocycles. The van der Waals surface area contributed by atoms with E-state index >= 15 is 0 Å². The van der Waals surface area contributed by atoms with Crippen LogP contribution in [0.15, 0.2) is 58.1 Å². The average Bonchev–Trinajstić information content (AvgIpc) is 2.76. The minimum absolute atomic E-state index is 0.0790. The number of nitrogens with one attached hydrogen (secondary N) is 2. The number of hydrogen-bond donors (Lipinski definition) is 3. The van der Waals surface area contributed by atoms with Crippen molar-refractivity contribution in [3.8, 4) is 0 Å². The Labute approximate surface area is 179 Å². The molecule has 0 bridgehead atoms. The molecule has 0 spiro atoms. The molecule has 1 aromatic rings. The van der Waals surface area contributed by atoms with E-state index in [0.717, 1.165) is 18.5 Å². The van der Waals surface area contributed by atoms with Gasteiger partial charge in [-0.05, 0) is 44.5 Å². The molecule has 4 rings (SSSR count). The summed E-state index contributed by atoms with van der Waals surface area (Å²) in [6.45, 7) is 6.59. The number of nitrogens with two attached hydrogens (primary N) is 1. The SMILES string of the molecule is CN1CCN(CCCC2=CCC(N=C(N)NC3=NCc4ccccc4N3)C=C2)CC1. The second-order valence-electron chi connectivity index (χ2n) is 8.28. The molecule has 0 amide bonds. The highest BCUT2D eigenvalue weighted by atomic mass is 15.3. The number of benzene rings is 1. The van der Waals surface area contributed by atoms with Gasteiger partial charge in [-0.1, -0.05) is 42.0 Å². The van der Waals surface area contributed by atoms with Gasteiger partial charge in [-0.3, -0.25) is 5.32 Å². The molecule has 2 heterocycles. The molecule has 4 N–H and O–H groups in total. The minimum atomic E-state index is 0.0790. The molecule has 160 valence electrons. The summed E-state index contributed by atoms with van der Waals surface area (Å²) >= 11 is 0. The first kappa shape index (κ1) is 20.6. The Hall–Kier alpha value is -2.64. The second kappa shape index (κ2) is 9.91. The summed E-state index contributed by atoms with van der Waals surface area (Å²) in [7, 11) is 2.20. The summed E-state index contributed by atoms with van der Waals surface area (Å²) in [5.41, 5.74) is 9.77. The maximum atomic E-state index is 6.12. The van der Waals surface area contributed by atoms with Crippen molar-refractivity contribution in [2.45, 2.75) is 31.8 Å². The van der Waals surface area contributed by atoms with Crippen molar-refractivity contribution in [3.05, 3.63) is 53.6 Å². The lowest BCUT2D eigenvalue weighted by Gasteiger charge is -2.32. The van der Waals surface area contributed by atoms with E-state index in [1.54, 1.807) is 0 Å². The van der Waals surface area contributed by atoms with E-state index < -0.39 is 0 Å². The molecule has 1 unspecified atom stereocenters. The van der Waals surface area contributed by atoms with Crippen molar-refractivity contribution < 1.29 is 0 Å². The highest BCUT2D eigenvalue weighted by Crippen LogP contribution is 2.20. The topological polar surface area (TPSA) is 81.3 Å². The third kappa shape index (κ3) is 5.70. The van der Waals surface area contributed by atoms with Crippen LogP contribution in [0.4, 0.5) is 5.69 Å². The molecule has 0 saturated carbocycles. The van der Waals surface area contributed by atoms with E-state index in [1.807, 2.05) is 18.2 Å². The van der Waals surface area contributed by atoms with Gasteiger partial charge in [0.15, 0.2) is 5.96 Å². The Bertz CT molecular complexity index is 847. The van der Waals surface area contributed by atoms with Gasteiger partial charge in [0.05, 0.1) is 12.6 Å². The highest BCUT2D eigenvalue weighted by Gasteiger charge is 2.15. The quantitative estimate of drug-likeness (QED) is 0.515. The van der Waals surface area contributed by atoms with E-state index in [2.05, 4.69) is 61.8 Å². The first-order valence-electron chi connectivity index (χ1n) is 10.9. The van der Waals surface area contributed by atoms with Crippen LogP contribution >= 0.6 is 0 Å². The van der Waals surface area contributed by atoms with Crippen molar-refractivity contribution in [2.24, 2.45) is 15.7 Å². The second-order valence-corrected chi connectivity index (χ2v) is 8.28. The first-order valence-corrected chi connectivity index (χ1v) is 10.9. The third-order valence-electron chi connectivity index (χ3n) is 5.92. The lowest BCUT2D eigenvalue weighted by molar-refractivity contribution is 0.153. The normalized spacial score (nSPS) is 22.7. The van der Waals surface area contributed by atoms with Crippen molar-refractivity contribution in [2.75, 3.05) is 45.1 Å². The van der Waals surface area contributed by atoms with Crippen molar-refractivity contribution in [1.29, 1.82) is 0 Å². The number of allylic oxidation sites excluding steroid dienone is 2. The molecule has 0 radical (unpaired) electrons. The molecule has 3 aliphatic rings. The fourth-order valence-corrected chi connectivity index (χ4v) is 4.03. The van der Waals surface area contributed by atoms with Crippen LogP contribution in [0.25, 0.3) is 0 Å². The molecule has 1 fully saturated rings. The van der Waals surface area contributed by atoms with Crippen LogP contribution in [0.3, 0.4) is 0 Å². The first-order chi connectivity index (χ1) is 14.7. The number of nitrogens with zero attached hydrogens (tertiary/aromatic N) is 4. The number of piperazine rings is 1. The Morgan fingerprint density at radius 1 is 1.27 bits per heavy atom. The highest BCUT2D eigenvalue weighted by molar-refractivity contribution is 6.05. The molecule has 7 heteroatoms. The Morgan fingerprint density at radius 2 is 2.10 bits per heavy atom. The van der Waals surface area contributed by atoms with Gasteiger partial charge in [-0.25, -0.2) is 9.98 Å². The number of guanidine groups is 2. The standard InChI is InChI=1S/C23H33N7/c1-29-13-15-30(16-14-29)12-4-5-18-8-10-20(11-9-18)26-22(24)28-23-25-17-19-6-2-3-7-21(19)27-23/h2-3,6-10,20H,4-5,11-17H2,1H3,(H4,24,25,26,27,28). The molecule has 1 atom stereocenters. The van der Waals surface area contributed by atoms with E-state index in [1.165, 1.54) is 50.3 Å². The van der Waals surface area contributed by atoms with Crippen LogP contribution in [-0.4, -0.2) is 67.5 Å². The van der Waals surface area contributed by atoms with Crippen molar-refractivity contribution in [1.82, 2.24) is 15.1 Å². The lowest BCUT2D eigenvalue weighted by Crippen LogP contribution is -2.44. The van der Waals surface area contributed by atoms with Gasteiger partial charge >= 0.3 is 0 Å². The zero-order valence-electron chi connectivity index (χ0n) is 17.8. The van der Waals surface area contributed by atoms with Crippen LogP contribution in [0, 0.1) is 0 Å². The van der Waals surface area contributed by atoms with Gasteiger partial charge in [0, 0.05) is 31.9 Å². The number of aliphatic imine (C=N–C) groups is 2. The predicted octanol–water partition coefficient (Wildman–Crippen LogP) is 2.15. The van der Waals surface area contributed by atoms with Gasteiger partial charge < -0.3 is 20.9 Å². The molecular formula is C23H33N7. The number of rotatable bonds is 5. The Morgan fingerprint density at radius 3 is 2.90 bits per heavy atom. The minimum Gasteiger partial charge on any atom is -0.370 e. The smallest absolute Gasteiger partial charge is 0.202 e. The van der Waals surface area contributed by atoms with Crippen LogP contribution in [0.5, 0.6) is 0 Å². The average molecular weight is 408 g/mol. The Kier molecular flexibility index (Phi) is 6.81. The molecule has 1 aliphatic carbocycles. The summed E-state index contributed by atoms with van der Waals surface area (Å²) in [5, 5.41) is 6.36. The third-order valence-corrected chi connectivity index (χ3v) is 5.92. The number of hydrogen-bond acceptors (Lipinski definition) is 5. The van der Waals surface area contributed by atoms with Gasteiger partial charge in [-0.2, -0.15) is 0 Å². The van der Waals surface area contributed by atoms with Gasteiger partial charge in [0.2, 0.25) is 5.96 Å². The summed E-state index contributed by atoms with van der Waals surface area (Å²) < 4.78 is 0. The van der Waals surface area contributed by atoms with E-state index in [-0.39, 0.29) is 6.04 Å². The zero-order valence-corrected chi connectivity index (χ0v) is 17.8. The zero-order chi connectivity index (χ0) is 20.8. The van der Waals surface area contributed by atoms with Crippen LogP contribution in [0.2, 0.25) is 0 Å². The summed E-state index contributed by atoms with van der Waals surface area (Å²) in [6, 6.07) is 8.22. The van der Waals surface area contributed by atoms with Crippen molar-refractivity contribution >= 4 is 17.6 Å². The van der Waals surface area contributed by atoms with Crippen molar-refractivity contribution in [3.63, 3.8) is 0 Å². The van der Waals surface area contributed by atoms with Crippen LogP contribution < -0.4 is 16.4 Å². The fraction of sp³-hybridized carbons (Fsp3) is 0.478. The lowest BCUT2D eigenvalue weighted by atomic mass is 10.00. The number of para-hydroxylation sites is 1. The van der Waals surface area contributed by atoms with E-state index in [4.69, 9.17) is 5.73 Å². The maximum Gasteiger partial charge on any atom is 0.202 e. The molecular weight excluding hydrogens is 374 g/mol. The van der Waals surface area contributed by atoms with E-state index in [0.29, 0.717) is 18.5 Å². The van der Waals surface area contributed by atoms with Gasteiger partial charge in [0.1, 0.15) is 0 Å². The largest absolute Gasteiger partial charge is 0.370 e. The molecule has 1 aromatic carbocycles. The summed E-state index contributed by atoms with van der Waals surface area (Å²) in [4.78, 5) is 14.1. The number of likely N-dealkylation sites (N-methyl/N-ethyl adjacent to an activating group) is 1. The molecule has 7 nitrogen and oxygen atoms in total. The summed E-state index contributed by atoms with van der Waals surface area (Å²) in [6.07, 6.45) is 9.91. The van der Waals surface area contributed by atoms with Gasteiger partial charge in [-0.15, -0.1) is 0 Å². The molecule has 30 heavy (non-hydrogen) atoms. The predicted molar refractivity (Wildman–Crippen MR) is 125 cm³/mol. The Balaban J connectivity index is 1.19. The fourth-order valence-electron chi connectivity index (χ4n) is 4.03. The van der Waals surface area contributed by atoms with Crippen LogP contribution in [-0.2, 0) is 6.54 Å². The van der Waals surface area contributed by atoms with Crippen LogP contribution in [0.1, 0.15) is 24.8 Å². The molecule has 1 saturated heterocycles. The monoisotopic (exact) mass is 407 g/mol. The number of anilines is 1.